The Kier molecular flexibility index (Phi) is 5.62. The number of hydrogen-bond donors (Lipinski definition) is 0. The highest BCUT2D eigenvalue weighted by atomic mass is 35.5. The molecule has 118 valence electrons. The van der Waals surface area contributed by atoms with Crippen molar-refractivity contribution in [2.45, 2.75) is 6.18 Å². The lowest BCUT2D eigenvalue weighted by Crippen LogP contribution is -3.00. The fourth-order valence-electron chi connectivity index (χ4n) is 1.52. The molecular formula is C13H7Cl2F3NO3-. The lowest BCUT2D eigenvalue weighted by atomic mass is 10.2. The van der Waals surface area contributed by atoms with Crippen LogP contribution in [0, 0.1) is 10.1 Å². The molecule has 0 aromatic heterocycles. The van der Waals surface area contributed by atoms with Crippen LogP contribution in [0.1, 0.15) is 5.56 Å². The normalized spacial score (nSPS) is 10.7. The van der Waals surface area contributed by atoms with Gasteiger partial charge in [-0.05, 0) is 30.3 Å². The van der Waals surface area contributed by atoms with Crippen LogP contribution in [0.15, 0.2) is 42.5 Å². The lowest BCUT2D eigenvalue weighted by molar-refractivity contribution is -0.384. The first kappa shape index (κ1) is 18.1. The summed E-state index contributed by atoms with van der Waals surface area (Å²) in [6, 6.07) is 7.76. The van der Waals surface area contributed by atoms with E-state index in [0.29, 0.717) is 0 Å². The maximum atomic E-state index is 12.5. The Morgan fingerprint density at radius 3 is 2.14 bits per heavy atom. The average Bonchev–Trinajstić information content (AvgIpc) is 2.40. The molecule has 4 nitrogen and oxygen atoms in total. The van der Waals surface area contributed by atoms with Crippen LogP contribution < -0.4 is 17.1 Å². The van der Waals surface area contributed by atoms with E-state index < -0.39 is 16.7 Å². The number of ether oxygens (including phenoxy) is 1. The molecule has 0 amide bonds. The number of nitro groups is 1. The summed E-state index contributed by atoms with van der Waals surface area (Å²) in [6.07, 6.45) is -4.49. The molecular weight excluding hydrogens is 346 g/mol. The molecule has 2 rings (SSSR count). The van der Waals surface area contributed by atoms with Crippen LogP contribution >= 0.6 is 11.6 Å². The van der Waals surface area contributed by atoms with Crippen molar-refractivity contribution in [3.05, 3.63) is 63.2 Å². The van der Waals surface area contributed by atoms with Crippen molar-refractivity contribution in [3.8, 4) is 11.5 Å². The number of hydrogen-bond acceptors (Lipinski definition) is 3. The summed E-state index contributed by atoms with van der Waals surface area (Å²) < 4.78 is 42.7. The summed E-state index contributed by atoms with van der Waals surface area (Å²) in [5.74, 6) is 0.251. The van der Waals surface area contributed by atoms with Crippen molar-refractivity contribution >= 4 is 17.3 Å². The minimum Gasteiger partial charge on any atom is -1.00 e. The molecule has 0 aliphatic rings. The van der Waals surface area contributed by atoms with Gasteiger partial charge in [-0.25, -0.2) is 0 Å². The molecule has 0 fully saturated rings. The molecule has 0 bridgehead atoms. The molecule has 22 heavy (non-hydrogen) atoms. The standard InChI is InChI=1S/C13H7ClF3NO3.ClH/c14-11-7-8(13(15,16)17)1-6-12(11)21-10-4-2-9(3-5-10)18(19)20;/h1-7H;1H/p-1. The number of alkyl halides is 3. The van der Waals surface area contributed by atoms with E-state index >= 15 is 0 Å². The fraction of sp³-hybridized carbons (Fsp3) is 0.0769. The van der Waals surface area contributed by atoms with E-state index in [1.54, 1.807) is 0 Å². The SMILES string of the molecule is O=[N+]([O-])c1ccc(Oc2ccc(C(F)(F)F)cc2Cl)cc1.[Cl-]. The Labute approximate surface area is 134 Å². The number of rotatable bonds is 3. The number of nitro benzene ring substituents is 1. The van der Waals surface area contributed by atoms with Crippen molar-refractivity contribution < 1.29 is 35.2 Å². The quantitative estimate of drug-likeness (QED) is 0.627. The predicted molar refractivity (Wildman–Crippen MR) is 69.6 cm³/mol. The molecule has 0 aliphatic heterocycles. The van der Waals surface area contributed by atoms with Crippen LogP contribution in [-0.4, -0.2) is 4.92 Å². The molecule has 0 radical (unpaired) electrons. The number of nitrogens with zero attached hydrogens (tertiary/aromatic N) is 1. The zero-order valence-electron chi connectivity index (χ0n) is 10.6. The molecule has 0 heterocycles. The average molecular weight is 353 g/mol. The van der Waals surface area contributed by atoms with Gasteiger partial charge in [-0.1, -0.05) is 11.6 Å². The van der Waals surface area contributed by atoms with Crippen molar-refractivity contribution in [1.82, 2.24) is 0 Å². The molecule has 0 spiro atoms. The Balaban J connectivity index is 0.00000242. The van der Waals surface area contributed by atoms with Gasteiger partial charge in [0.25, 0.3) is 5.69 Å². The van der Waals surface area contributed by atoms with Crippen LogP contribution in [0.3, 0.4) is 0 Å². The van der Waals surface area contributed by atoms with E-state index in [2.05, 4.69) is 0 Å². The van der Waals surface area contributed by atoms with Gasteiger partial charge < -0.3 is 17.1 Å². The monoisotopic (exact) mass is 352 g/mol. The third-order valence-corrected chi connectivity index (χ3v) is 2.83. The van der Waals surface area contributed by atoms with E-state index in [1.165, 1.54) is 24.3 Å². The summed E-state index contributed by atoms with van der Waals surface area (Å²) in [5, 5.41) is 10.3. The number of halogens is 5. The van der Waals surface area contributed by atoms with E-state index in [9.17, 15) is 23.3 Å². The molecule has 0 aliphatic carbocycles. The largest absolute Gasteiger partial charge is 1.00 e. The topological polar surface area (TPSA) is 52.4 Å². The lowest BCUT2D eigenvalue weighted by Gasteiger charge is -2.11. The Morgan fingerprint density at radius 2 is 1.68 bits per heavy atom. The van der Waals surface area contributed by atoms with Crippen molar-refractivity contribution in [2.24, 2.45) is 0 Å². The molecule has 0 N–H and O–H groups in total. The molecule has 2 aromatic rings. The summed E-state index contributed by atoms with van der Waals surface area (Å²) in [4.78, 5) is 9.92. The second-order valence-electron chi connectivity index (χ2n) is 4.00. The van der Waals surface area contributed by atoms with Gasteiger partial charge in [0, 0.05) is 12.1 Å². The minimum absolute atomic E-state index is 0. The van der Waals surface area contributed by atoms with Crippen LogP contribution in [0.5, 0.6) is 11.5 Å². The second-order valence-corrected chi connectivity index (χ2v) is 4.40. The summed E-state index contributed by atoms with van der Waals surface area (Å²) in [6.45, 7) is 0. The predicted octanol–water partition coefficient (Wildman–Crippen LogP) is 2.06. The van der Waals surface area contributed by atoms with Crippen molar-refractivity contribution in [3.63, 3.8) is 0 Å². The molecule has 0 unspecified atom stereocenters. The zero-order valence-corrected chi connectivity index (χ0v) is 12.1. The van der Waals surface area contributed by atoms with Gasteiger partial charge >= 0.3 is 6.18 Å². The molecule has 2 aromatic carbocycles. The van der Waals surface area contributed by atoms with Gasteiger partial charge in [-0.15, -0.1) is 0 Å². The van der Waals surface area contributed by atoms with Crippen LogP contribution in [-0.2, 0) is 6.18 Å². The zero-order chi connectivity index (χ0) is 15.6. The Hall–Kier alpha value is -1.99. The number of benzene rings is 2. The van der Waals surface area contributed by atoms with Crippen molar-refractivity contribution in [1.29, 1.82) is 0 Å². The fourth-order valence-corrected chi connectivity index (χ4v) is 1.74. The Morgan fingerprint density at radius 1 is 1.09 bits per heavy atom. The first-order valence-corrected chi connectivity index (χ1v) is 5.94. The van der Waals surface area contributed by atoms with E-state index in [1.807, 2.05) is 0 Å². The van der Waals surface area contributed by atoms with Gasteiger partial charge in [0.1, 0.15) is 11.5 Å². The van der Waals surface area contributed by atoms with E-state index in [0.717, 1.165) is 18.2 Å². The summed E-state index contributed by atoms with van der Waals surface area (Å²) in [7, 11) is 0. The third kappa shape index (κ3) is 4.25. The molecule has 9 heteroatoms. The minimum atomic E-state index is -4.49. The van der Waals surface area contributed by atoms with Gasteiger partial charge in [0.05, 0.1) is 15.5 Å². The highest BCUT2D eigenvalue weighted by Gasteiger charge is 2.31. The maximum absolute atomic E-state index is 12.5. The smallest absolute Gasteiger partial charge is 0.416 e. The van der Waals surface area contributed by atoms with E-state index in [4.69, 9.17) is 16.3 Å². The maximum Gasteiger partial charge on any atom is 0.416 e. The van der Waals surface area contributed by atoms with Crippen LogP contribution in [0.2, 0.25) is 5.02 Å². The summed E-state index contributed by atoms with van der Waals surface area (Å²) in [5.41, 5.74) is -1.01. The molecule has 0 saturated heterocycles. The van der Waals surface area contributed by atoms with Gasteiger partial charge in [-0.3, -0.25) is 10.1 Å². The molecule has 0 saturated carbocycles. The van der Waals surface area contributed by atoms with Crippen LogP contribution in [0.4, 0.5) is 18.9 Å². The molecule has 0 atom stereocenters. The second kappa shape index (κ2) is 6.85. The van der Waals surface area contributed by atoms with Gasteiger partial charge in [0.15, 0.2) is 0 Å². The van der Waals surface area contributed by atoms with Crippen LogP contribution in [0.25, 0.3) is 0 Å². The third-order valence-electron chi connectivity index (χ3n) is 2.53. The van der Waals surface area contributed by atoms with Crippen molar-refractivity contribution in [2.75, 3.05) is 0 Å². The highest BCUT2D eigenvalue weighted by molar-refractivity contribution is 6.32. The number of non-ortho nitro benzene ring substituents is 1. The first-order chi connectivity index (χ1) is 9.77. The van der Waals surface area contributed by atoms with Gasteiger partial charge in [-0.2, -0.15) is 13.2 Å². The Bertz CT molecular complexity index is 675. The first-order valence-electron chi connectivity index (χ1n) is 5.56. The van der Waals surface area contributed by atoms with Gasteiger partial charge in [0.2, 0.25) is 0 Å². The highest BCUT2D eigenvalue weighted by Crippen LogP contribution is 2.36. The summed E-state index contributed by atoms with van der Waals surface area (Å²) >= 11 is 5.73. The van der Waals surface area contributed by atoms with E-state index in [-0.39, 0.29) is 34.6 Å².